The SMILES string of the molecule is O=C1CO[C@H](C(=O)NCCCN2CCC(O)CC2)[C@@H](c2ccccc2)N1. The number of amides is 2. The summed E-state index contributed by atoms with van der Waals surface area (Å²) < 4.78 is 5.52. The van der Waals surface area contributed by atoms with Crippen molar-refractivity contribution < 1.29 is 19.4 Å². The minimum Gasteiger partial charge on any atom is -0.393 e. The van der Waals surface area contributed by atoms with Gasteiger partial charge in [-0.3, -0.25) is 9.59 Å². The Morgan fingerprint density at radius 3 is 2.73 bits per heavy atom. The molecule has 0 aliphatic carbocycles. The molecule has 3 rings (SSSR count). The van der Waals surface area contributed by atoms with E-state index < -0.39 is 12.1 Å². The van der Waals surface area contributed by atoms with Crippen molar-refractivity contribution in [2.24, 2.45) is 0 Å². The second kappa shape index (κ2) is 9.12. The number of benzene rings is 1. The molecule has 0 spiro atoms. The number of piperidine rings is 1. The number of ether oxygens (including phenoxy) is 1. The maximum Gasteiger partial charge on any atom is 0.251 e. The van der Waals surface area contributed by atoms with E-state index >= 15 is 0 Å². The number of nitrogens with zero attached hydrogens (tertiary/aromatic N) is 1. The van der Waals surface area contributed by atoms with Crippen LogP contribution in [0.25, 0.3) is 0 Å². The van der Waals surface area contributed by atoms with Gasteiger partial charge >= 0.3 is 0 Å². The average molecular weight is 361 g/mol. The second-order valence-electron chi connectivity index (χ2n) is 6.90. The van der Waals surface area contributed by atoms with E-state index in [1.54, 1.807) is 0 Å². The van der Waals surface area contributed by atoms with Crippen LogP contribution in [0.1, 0.15) is 30.9 Å². The summed E-state index contributed by atoms with van der Waals surface area (Å²) in [7, 11) is 0. The molecule has 2 aliphatic heterocycles. The van der Waals surface area contributed by atoms with Gasteiger partial charge in [0.15, 0.2) is 6.10 Å². The number of hydrogen-bond donors (Lipinski definition) is 3. The third-order valence-electron chi connectivity index (χ3n) is 4.94. The van der Waals surface area contributed by atoms with Gasteiger partial charge in [0, 0.05) is 19.6 Å². The summed E-state index contributed by atoms with van der Waals surface area (Å²) in [5.41, 5.74) is 0.854. The monoisotopic (exact) mass is 361 g/mol. The Labute approximate surface area is 153 Å². The minimum absolute atomic E-state index is 0.0997. The third-order valence-corrected chi connectivity index (χ3v) is 4.94. The molecule has 142 valence electrons. The first kappa shape index (κ1) is 18.8. The van der Waals surface area contributed by atoms with Crippen LogP contribution in [0.4, 0.5) is 0 Å². The molecular weight excluding hydrogens is 334 g/mol. The number of carbonyl (C=O) groups excluding carboxylic acids is 2. The van der Waals surface area contributed by atoms with Crippen molar-refractivity contribution in [2.75, 3.05) is 32.8 Å². The van der Waals surface area contributed by atoms with Crippen LogP contribution in [-0.2, 0) is 14.3 Å². The van der Waals surface area contributed by atoms with E-state index in [9.17, 15) is 14.7 Å². The van der Waals surface area contributed by atoms with Gasteiger partial charge < -0.3 is 25.4 Å². The smallest absolute Gasteiger partial charge is 0.251 e. The molecule has 3 N–H and O–H groups in total. The Morgan fingerprint density at radius 1 is 1.27 bits per heavy atom. The first-order valence-corrected chi connectivity index (χ1v) is 9.27. The van der Waals surface area contributed by atoms with Gasteiger partial charge in [-0.05, 0) is 31.4 Å². The van der Waals surface area contributed by atoms with Crippen molar-refractivity contribution in [1.29, 1.82) is 0 Å². The molecule has 0 unspecified atom stereocenters. The Hall–Kier alpha value is -1.96. The molecule has 7 nitrogen and oxygen atoms in total. The molecule has 1 aromatic carbocycles. The van der Waals surface area contributed by atoms with E-state index in [0.29, 0.717) is 6.54 Å². The topological polar surface area (TPSA) is 90.9 Å². The number of aliphatic hydroxyl groups excluding tert-OH is 1. The fraction of sp³-hybridized carbons (Fsp3) is 0.579. The molecular formula is C19H27N3O4. The van der Waals surface area contributed by atoms with Crippen LogP contribution >= 0.6 is 0 Å². The van der Waals surface area contributed by atoms with Gasteiger partial charge in [0.2, 0.25) is 5.91 Å². The first-order valence-electron chi connectivity index (χ1n) is 9.27. The largest absolute Gasteiger partial charge is 0.393 e. The van der Waals surface area contributed by atoms with Crippen LogP contribution in [-0.4, -0.2) is 66.8 Å². The molecule has 0 radical (unpaired) electrons. The average Bonchev–Trinajstić information content (AvgIpc) is 2.67. The maximum atomic E-state index is 12.5. The lowest BCUT2D eigenvalue weighted by atomic mass is 9.99. The maximum absolute atomic E-state index is 12.5. The summed E-state index contributed by atoms with van der Waals surface area (Å²) in [6, 6.07) is 8.93. The van der Waals surface area contributed by atoms with E-state index in [0.717, 1.165) is 44.5 Å². The van der Waals surface area contributed by atoms with Crippen molar-refractivity contribution in [1.82, 2.24) is 15.5 Å². The van der Waals surface area contributed by atoms with Gasteiger partial charge in [0.1, 0.15) is 6.61 Å². The summed E-state index contributed by atoms with van der Waals surface area (Å²) in [6.45, 7) is 3.17. The zero-order valence-electron chi connectivity index (χ0n) is 14.9. The van der Waals surface area contributed by atoms with Gasteiger partial charge in [0.05, 0.1) is 12.1 Å². The quantitative estimate of drug-likeness (QED) is 0.630. The summed E-state index contributed by atoms with van der Waals surface area (Å²) in [5, 5.41) is 15.3. The molecule has 2 aliphatic rings. The molecule has 7 heteroatoms. The molecule has 0 saturated carbocycles. The predicted molar refractivity (Wildman–Crippen MR) is 96.4 cm³/mol. The lowest BCUT2D eigenvalue weighted by Crippen LogP contribution is -2.52. The van der Waals surface area contributed by atoms with Gasteiger partial charge in [-0.15, -0.1) is 0 Å². The van der Waals surface area contributed by atoms with Crippen molar-refractivity contribution in [3.63, 3.8) is 0 Å². The fourth-order valence-corrected chi connectivity index (χ4v) is 3.46. The zero-order chi connectivity index (χ0) is 18.4. The first-order chi connectivity index (χ1) is 12.6. The second-order valence-corrected chi connectivity index (χ2v) is 6.90. The molecule has 2 atom stereocenters. The van der Waals surface area contributed by atoms with Crippen LogP contribution in [0.15, 0.2) is 30.3 Å². The number of rotatable bonds is 6. The van der Waals surface area contributed by atoms with Crippen molar-refractivity contribution >= 4 is 11.8 Å². The zero-order valence-corrected chi connectivity index (χ0v) is 14.9. The highest BCUT2D eigenvalue weighted by atomic mass is 16.5. The molecule has 2 saturated heterocycles. The molecule has 26 heavy (non-hydrogen) atoms. The lowest BCUT2D eigenvalue weighted by Gasteiger charge is -2.32. The number of morpholine rings is 1. The van der Waals surface area contributed by atoms with Gasteiger partial charge in [0.25, 0.3) is 5.91 Å². The van der Waals surface area contributed by atoms with Gasteiger partial charge in [-0.1, -0.05) is 30.3 Å². The summed E-state index contributed by atoms with van der Waals surface area (Å²) in [5.74, 6) is -0.414. The Bertz CT molecular complexity index is 602. The van der Waals surface area contributed by atoms with Gasteiger partial charge in [-0.25, -0.2) is 0 Å². The predicted octanol–water partition coefficient (Wildman–Crippen LogP) is 0.206. The molecule has 0 aromatic heterocycles. The van der Waals surface area contributed by atoms with Crippen molar-refractivity contribution in [2.45, 2.75) is 37.5 Å². The lowest BCUT2D eigenvalue weighted by molar-refractivity contribution is -0.148. The van der Waals surface area contributed by atoms with Crippen LogP contribution < -0.4 is 10.6 Å². The van der Waals surface area contributed by atoms with Crippen LogP contribution in [0, 0.1) is 0 Å². The highest BCUT2D eigenvalue weighted by Crippen LogP contribution is 2.22. The fourth-order valence-electron chi connectivity index (χ4n) is 3.46. The molecule has 2 fully saturated rings. The Morgan fingerprint density at radius 2 is 2.00 bits per heavy atom. The molecule has 2 heterocycles. The number of likely N-dealkylation sites (tertiary alicyclic amines) is 1. The van der Waals surface area contributed by atoms with E-state index in [1.807, 2.05) is 30.3 Å². The van der Waals surface area contributed by atoms with Gasteiger partial charge in [-0.2, -0.15) is 0 Å². The summed E-state index contributed by atoms with van der Waals surface area (Å²) in [4.78, 5) is 26.5. The summed E-state index contributed by atoms with van der Waals surface area (Å²) >= 11 is 0. The van der Waals surface area contributed by atoms with Crippen molar-refractivity contribution in [3.8, 4) is 0 Å². The highest BCUT2D eigenvalue weighted by molar-refractivity contribution is 5.86. The Kier molecular flexibility index (Phi) is 6.60. The normalized spacial score (nSPS) is 24.9. The summed E-state index contributed by atoms with van der Waals surface area (Å²) in [6.07, 6.45) is 1.60. The van der Waals surface area contributed by atoms with Crippen LogP contribution in [0.3, 0.4) is 0 Å². The standard InChI is InChI=1S/C19H27N3O4/c23-15-7-11-22(12-8-15)10-4-9-20-19(25)18-17(21-16(24)13-26-18)14-5-2-1-3-6-14/h1-3,5-6,15,17-18,23H,4,7-13H2,(H,20,25)(H,21,24)/t17-,18+/m1/s1. The number of aliphatic hydroxyl groups is 1. The molecule has 2 amide bonds. The highest BCUT2D eigenvalue weighted by Gasteiger charge is 2.35. The number of hydrogen-bond acceptors (Lipinski definition) is 5. The third kappa shape index (κ3) is 5.03. The van der Waals surface area contributed by atoms with Crippen LogP contribution in [0.2, 0.25) is 0 Å². The van der Waals surface area contributed by atoms with E-state index in [1.165, 1.54) is 0 Å². The Balaban J connectivity index is 1.47. The minimum atomic E-state index is -0.722. The number of nitrogens with one attached hydrogen (secondary N) is 2. The van der Waals surface area contributed by atoms with E-state index in [2.05, 4.69) is 15.5 Å². The molecule has 1 aromatic rings. The van der Waals surface area contributed by atoms with Crippen molar-refractivity contribution in [3.05, 3.63) is 35.9 Å². The van der Waals surface area contributed by atoms with E-state index in [-0.39, 0.29) is 24.5 Å². The number of carbonyl (C=O) groups is 2. The van der Waals surface area contributed by atoms with E-state index in [4.69, 9.17) is 4.74 Å². The van der Waals surface area contributed by atoms with Crippen LogP contribution in [0.5, 0.6) is 0 Å². The molecule has 0 bridgehead atoms.